The van der Waals surface area contributed by atoms with Crippen LogP contribution < -0.4 is 4.74 Å². The molecule has 0 aliphatic carbocycles. The lowest BCUT2D eigenvalue weighted by molar-refractivity contribution is -0.206. The van der Waals surface area contributed by atoms with Gasteiger partial charge in [-0.15, -0.1) is 0 Å². The highest BCUT2D eigenvalue weighted by Gasteiger charge is 2.42. The standard InChI is InChI=1S/C35H31F7O3/c1-2-3-4-5-21-19-43-34(44-20-21)26-16-31(39)33(32(40)17-26)35(41,42)45-27-11-8-22(9-12-27)23-10-13-28(30(38)14-23)24-6-7-25(18-36)29(37)15-24/h6-17,21,34H,2-5,18-20H2,1H3. The van der Waals surface area contributed by atoms with E-state index in [1.165, 1.54) is 36.4 Å². The number of ether oxygens (including phenoxy) is 3. The Morgan fingerprint density at radius 1 is 0.733 bits per heavy atom. The third-order valence-corrected chi connectivity index (χ3v) is 7.72. The van der Waals surface area contributed by atoms with E-state index in [4.69, 9.17) is 14.2 Å². The second-order valence-corrected chi connectivity index (χ2v) is 11.0. The summed E-state index contributed by atoms with van der Waals surface area (Å²) in [5.74, 6) is -4.74. The molecule has 0 bridgehead atoms. The lowest BCUT2D eigenvalue weighted by atomic mass is 9.98. The van der Waals surface area contributed by atoms with Gasteiger partial charge in [-0.1, -0.05) is 62.6 Å². The predicted molar refractivity (Wildman–Crippen MR) is 155 cm³/mol. The fraction of sp³-hybridized carbons (Fsp3) is 0.314. The molecule has 4 aromatic carbocycles. The van der Waals surface area contributed by atoms with E-state index in [9.17, 15) is 22.0 Å². The molecule has 0 aromatic heterocycles. The minimum atomic E-state index is -4.37. The topological polar surface area (TPSA) is 27.7 Å². The van der Waals surface area contributed by atoms with Crippen LogP contribution in [0.5, 0.6) is 5.75 Å². The Balaban J connectivity index is 1.26. The fourth-order valence-electron chi connectivity index (χ4n) is 5.26. The summed E-state index contributed by atoms with van der Waals surface area (Å²) >= 11 is 0. The monoisotopic (exact) mass is 632 g/mol. The zero-order valence-electron chi connectivity index (χ0n) is 24.4. The van der Waals surface area contributed by atoms with Gasteiger partial charge in [0, 0.05) is 22.6 Å². The van der Waals surface area contributed by atoms with Crippen LogP contribution in [0.15, 0.2) is 72.8 Å². The first-order valence-corrected chi connectivity index (χ1v) is 14.6. The van der Waals surface area contributed by atoms with Gasteiger partial charge in [0.15, 0.2) is 6.29 Å². The van der Waals surface area contributed by atoms with Crippen LogP contribution in [0.25, 0.3) is 22.3 Å². The zero-order valence-corrected chi connectivity index (χ0v) is 24.4. The largest absolute Gasteiger partial charge is 0.432 e. The molecule has 0 saturated carbocycles. The van der Waals surface area contributed by atoms with Crippen molar-refractivity contribution in [2.24, 2.45) is 5.92 Å². The number of hydrogen-bond donors (Lipinski definition) is 0. The Morgan fingerprint density at radius 2 is 1.36 bits per heavy atom. The molecule has 1 saturated heterocycles. The van der Waals surface area contributed by atoms with Gasteiger partial charge in [-0.2, -0.15) is 8.78 Å². The molecule has 4 aromatic rings. The van der Waals surface area contributed by atoms with Crippen molar-refractivity contribution in [3.8, 4) is 28.0 Å². The summed E-state index contributed by atoms with van der Waals surface area (Å²) in [6.07, 6.45) is -1.37. The van der Waals surface area contributed by atoms with Gasteiger partial charge in [0.2, 0.25) is 0 Å². The van der Waals surface area contributed by atoms with Crippen LogP contribution in [-0.4, -0.2) is 13.2 Å². The highest BCUT2D eigenvalue weighted by atomic mass is 19.3. The minimum Gasteiger partial charge on any atom is -0.429 e. The average Bonchev–Trinajstić information content (AvgIpc) is 3.01. The minimum absolute atomic E-state index is 0.0546. The molecule has 0 radical (unpaired) electrons. The van der Waals surface area contributed by atoms with Gasteiger partial charge in [-0.3, -0.25) is 0 Å². The van der Waals surface area contributed by atoms with Crippen LogP contribution in [0.2, 0.25) is 0 Å². The molecule has 238 valence electrons. The molecule has 3 nitrogen and oxygen atoms in total. The van der Waals surface area contributed by atoms with Crippen molar-refractivity contribution < 1.29 is 44.9 Å². The fourth-order valence-corrected chi connectivity index (χ4v) is 5.26. The quantitative estimate of drug-likeness (QED) is 0.122. The number of alkyl halides is 3. The molecule has 45 heavy (non-hydrogen) atoms. The molecule has 1 aliphatic rings. The summed E-state index contributed by atoms with van der Waals surface area (Å²) in [7, 11) is 0. The maximum Gasteiger partial charge on any atom is 0.432 e. The van der Waals surface area contributed by atoms with Crippen molar-refractivity contribution >= 4 is 0 Å². The molecular weight excluding hydrogens is 601 g/mol. The Labute approximate surface area is 256 Å². The second kappa shape index (κ2) is 14.0. The first-order valence-electron chi connectivity index (χ1n) is 14.6. The first-order chi connectivity index (χ1) is 21.6. The summed E-state index contributed by atoms with van der Waals surface area (Å²) in [5, 5.41) is 0. The van der Waals surface area contributed by atoms with Gasteiger partial charge in [0.05, 0.1) is 13.2 Å². The summed E-state index contributed by atoms with van der Waals surface area (Å²) in [4.78, 5) is 0. The number of unbranched alkanes of at least 4 members (excludes halogenated alkanes) is 2. The molecule has 0 atom stereocenters. The zero-order chi connectivity index (χ0) is 32.1. The Morgan fingerprint density at radius 3 is 1.96 bits per heavy atom. The van der Waals surface area contributed by atoms with Crippen molar-refractivity contribution in [3.63, 3.8) is 0 Å². The van der Waals surface area contributed by atoms with E-state index in [2.05, 4.69) is 6.92 Å². The highest BCUT2D eigenvalue weighted by Crippen LogP contribution is 2.38. The SMILES string of the molecule is CCCCCC1COC(c2cc(F)c(C(F)(F)Oc3ccc(-c4ccc(-c5ccc(CF)c(F)c5)c(F)c4)cc3)c(F)c2)OC1. The molecule has 0 N–H and O–H groups in total. The number of rotatable bonds is 11. The predicted octanol–water partition coefficient (Wildman–Crippen LogP) is 10.4. The van der Waals surface area contributed by atoms with Crippen molar-refractivity contribution in [3.05, 3.63) is 113 Å². The maximum absolute atomic E-state index is 15.0. The molecule has 0 amide bonds. The second-order valence-electron chi connectivity index (χ2n) is 11.0. The van der Waals surface area contributed by atoms with Gasteiger partial charge in [0.25, 0.3) is 0 Å². The van der Waals surface area contributed by atoms with Crippen LogP contribution in [-0.2, 0) is 22.3 Å². The smallest absolute Gasteiger partial charge is 0.429 e. The first kappa shape index (κ1) is 32.5. The molecule has 0 unspecified atom stereocenters. The van der Waals surface area contributed by atoms with Gasteiger partial charge < -0.3 is 14.2 Å². The molecule has 1 aliphatic heterocycles. The van der Waals surface area contributed by atoms with E-state index >= 15 is 8.78 Å². The normalized spacial score (nSPS) is 17.0. The van der Waals surface area contributed by atoms with Gasteiger partial charge in [-0.25, -0.2) is 22.0 Å². The van der Waals surface area contributed by atoms with E-state index in [0.717, 1.165) is 56.0 Å². The van der Waals surface area contributed by atoms with Crippen LogP contribution in [0, 0.1) is 29.2 Å². The molecule has 1 heterocycles. The number of benzene rings is 4. The Hall–Kier alpha value is -3.89. The highest BCUT2D eigenvalue weighted by molar-refractivity contribution is 5.71. The van der Waals surface area contributed by atoms with Crippen molar-refractivity contribution in [2.75, 3.05) is 13.2 Å². The number of hydrogen-bond acceptors (Lipinski definition) is 3. The lowest BCUT2D eigenvalue weighted by Gasteiger charge is -2.30. The van der Waals surface area contributed by atoms with E-state index < -0.39 is 47.9 Å². The molecule has 0 spiro atoms. The van der Waals surface area contributed by atoms with E-state index in [-0.39, 0.29) is 33.9 Å². The van der Waals surface area contributed by atoms with Crippen molar-refractivity contribution in [2.45, 2.75) is 51.7 Å². The summed E-state index contributed by atoms with van der Waals surface area (Å²) < 4.78 is 117. The van der Waals surface area contributed by atoms with Crippen LogP contribution >= 0.6 is 0 Å². The van der Waals surface area contributed by atoms with Gasteiger partial charge in [0.1, 0.15) is 41.3 Å². The summed E-state index contributed by atoms with van der Waals surface area (Å²) in [6, 6.07) is 14.4. The lowest BCUT2D eigenvalue weighted by Crippen LogP contribution is -2.28. The van der Waals surface area contributed by atoms with Crippen LogP contribution in [0.1, 0.15) is 55.6 Å². The van der Waals surface area contributed by atoms with Crippen molar-refractivity contribution in [1.82, 2.24) is 0 Å². The van der Waals surface area contributed by atoms with E-state index in [1.807, 2.05) is 0 Å². The van der Waals surface area contributed by atoms with Gasteiger partial charge >= 0.3 is 6.11 Å². The molecule has 10 heteroatoms. The van der Waals surface area contributed by atoms with Crippen molar-refractivity contribution in [1.29, 1.82) is 0 Å². The maximum atomic E-state index is 15.0. The van der Waals surface area contributed by atoms with Crippen LogP contribution in [0.4, 0.5) is 30.7 Å². The summed E-state index contributed by atoms with van der Waals surface area (Å²) in [5.41, 5.74) is -0.637. The van der Waals surface area contributed by atoms with E-state index in [0.29, 0.717) is 24.3 Å². The third-order valence-electron chi connectivity index (χ3n) is 7.72. The summed E-state index contributed by atoms with van der Waals surface area (Å²) in [6.45, 7) is 1.78. The molecule has 5 rings (SSSR count). The van der Waals surface area contributed by atoms with E-state index in [1.54, 1.807) is 6.07 Å². The molecular formula is C35H31F7O3. The van der Waals surface area contributed by atoms with Gasteiger partial charge in [-0.05, 0) is 59.5 Å². The Bertz CT molecular complexity index is 1590. The Kier molecular flexibility index (Phi) is 10.1. The third kappa shape index (κ3) is 7.50. The number of halogens is 7. The average molecular weight is 633 g/mol. The van der Waals surface area contributed by atoms with Crippen LogP contribution in [0.3, 0.4) is 0 Å². The molecule has 1 fully saturated rings.